The van der Waals surface area contributed by atoms with Crippen LogP contribution in [0.2, 0.25) is 0 Å². The number of hydrogen-bond donors (Lipinski definition) is 1. The van der Waals surface area contributed by atoms with Crippen LogP contribution in [0, 0.1) is 11.3 Å². The van der Waals surface area contributed by atoms with Crippen molar-refractivity contribution in [3.63, 3.8) is 0 Å². The maximum Gasteiger partial charge on any atom is 0.266 e. The van der Waals surface area contributed by atoms with E-state index < -0.39 is 0 Å². The van der Waals surface area contributed by atoms with Gasteiger partial charge in [-0.05, 0) is 0 Å². The molecular formula is C6H5N3O. The first kappa shape index (κ1) is 6.49. The molecule has 1 rings (SSSR count). The Bertz CT molecular complexity index is 289. The topological polar surface area (TPSA) is 69.5 Å². The number of aromatic amines is 1. The Balaban J connectivity index is 2.92. The minimum atomic E-state index is -0.248. The summed E-state index contributed by atoms with van der Waals surface area (Å²) in [5.74, 6) is 0. The van der Waals surface area contributed by atoms with Crippen LogP contribution in [0.1, 0.15) is 5.69 Å². The van der Waals surface area contributed by atoms with Crippen molar-refractivity contribution in [3.05, 3.63) is 28.4 Å². The monoisotopic (exact) mass is 135 g/mol. The number of nitrogens with zero attached hydrogens (tertiary/aromatic N) is 2. The molecule has 0 fully saturated rings. The first-order valence-corrected chi connectivity index (χ1v) is 2.73. The summed E-state index contributed by atoms with van der Waals surface area (Å²) in [6.45, 7) is 0. The first-order valence-electron chi connectivity index (χ1n) is 2.73. The number of nitriles is 1. The van der Waals surface area contributed by atoms with Crippen molar-refractivity contribution < 1.29 is 0 Å². The lowest BCUT2D eigenvalue weighted by molar-refractivity contribution is 1.03. The third-order valence-corrected chi connectivity index (χ3v) is 0.989. The van der Waals surface area contributed by atoms with Crippen LogP contribution in [0.15, 0.2) is 17.2 Å². The number of rotatable bonds is 1. The fraction of sp³-hybridized carbons (Fsp3) is 0.167. The van der Waals surface area contributed by atoms with Gasteiger partial charge in [-0.15, -0.1) is 0 Å². The van der Waals surface area contributed by atoms with Gasteiger partial charge in [-0.3, -0.25) is 9.78 Å². The minimum absolute atomic E-state index is 0.233. The zero-order chi connectivity index (χ0) is 7.40. The van der Waals surface area contributed by atoms with E-state index in [1.807, 2.05) is 6.07 Å². The maximum atomic E-state index is 10.4. The highest BCUT2D eigenvalue weighted by molar-refractivity contribution is 5.01. The molecule has 0 atom stereocenters. The second-order valence-electron chi connectivity index (χ2n) is 1.74. The molecule has 0 aliphatic heterocycles. The average molecular weight is 135 g/mol. The number of H-pyrrole nitrogens is 1. The highest BCUT2D eigenvalue weighted by Gasteiger charge is 1.89. The van der Waals surface area contributed by atoms with E-state index in [9.17, 15) is 4.79 Å². The van der Waals surface area contributed by atoms with E-state index in [0.29, 0.717) is 5.69 Å². The molecule has 10 heavy (non-hydrogen) atoms. The summed E-state index contributed by atoms with van der Waals surface area (Å²) in [5.41, 5.74) is 0.337. The van der Waals surface area contributed by atoms with Crippen molar-refractivity contribution in [1.29, 1.82) is 5.26 Å². The summed E-state index contributed by atoms with van der Waals surface area (Å²) in [6, 6.07) is 1.92. The molecule has 0 radical (unpaired) electrons. The molecule has 4 heteroatoms. The lowest BCUT2D eigenvalue weighted by Crippen LogP contribution is -2.05. The van der Waals surface area contributed by atoms with Gasteiger partial charge in [-0.2, -0.15) is 5.26 Å². The number of hydrogen-bond acceptors (Lipinski definition) is 3. The van der Waals surface area contributed by atoms with Crippen LogP contribution < -0.4 is 5.56 Å². The predicted octanol–water partition coefficient (Wildman–Crippen LogP) is -0.164. The third-order valence-electron chi connectivity index (χ3n) is 0.989. The number of aromatic nitrogens is 2. The zero-order valence-electron chi connectivity index (χ0n) is 5.16. The van der Waals surface area contributed by atoms with E-state index in [1.54, 1.807) is 0 Å². The summed E-state index contributed by atoms with van der Waals surface area (Å²) in [6.07, 6.45) is 2.83. The Morgan fingerprint density at radius 1 is 1.80 bits per heavy atom. The van der Waals surface area contributed by atoms with Crippen LogP contribution in [0.5, 0.6) is 0 Å². The van der Waals surface area contributed by atoms with Crippen LogP contribution in [0.4, 0.5) is 0 Å². The second-order valence-corrected chi connectivity index (χ2v) is 1.74. The van der Waals surface area contributed by atoms with Gasteiger partial charge in [0.25, 0.3) is 5.56 Å². The van der Waals surface area contributed by atoms with E-state index in [0.717, 1.165) is 6.20 Å². The van der Waals surface area contributed by atoms with Crippen molar-refractivity contribution in [3.8, 4) is 6.07 Å². The smallest absolute Gasteiger partial charge is 0.266 e. The van der Waals surface area contributed by atoms with Crippen LogP contribution in [0.3, 0.4) is 0 Å². The second kappa shape index (κ2) is 2.78. The third kappa shape index (κ3) is 1.42. The molecule has 1 heterocycles. The lowest BCUT2D eigenvalue weighted by Gasteiger charge is -1.87. The molecule has 0 saturated heterocycles. The summed E-state index contributed by atoms with van der Waals surface area (Å²) in [4.78, 5) is 16.5. The van der Waals surface area contributed by atoms with Crippen molar-refractivity contribution >= 4 is 0 Å². The molecular weight excluding hydrogens is 130 g/mol. The van der Waals surface area contributed by atoms with Crippen molar-refractivity contribution in [2.75, 3.05) is 0 Å². The molecule has 0 bridgehead atoms. The van der Waals surface area contributed by atoms with Gasteiger partial charge in [0.2, 0.25) is 0 Å². The highest BCUT2D eigenvalue weighted by Crippen LogP contribution is 1.85. The van der Waals surface area contributed by atoms with Crippen LogP contribution in [0.25, 0.3) is 0 Å². The quantitative estimate of drug-likeness (QED) is 0.581. The van der Waals surface area contributed by atoms with Gasteiger partial charge in [-0.1, -0.05) is 0 Å². The van der Waals surface area contributed by atoms with Gasteiger partial charge >= 0.3 is 0 Å². The van der Waals surface area contributed by atoms with E-state index in [-0.39, 0.29) is 12.0 Å². The first-order chi connectivity index (χ1) is 4.83. The molecule has 50 valence electrons. The van der Waals surface area contributed by atoms with E-state index in [1.165, 1.54) is 6.20 Å². The van der Waals surface area contributed by atoms with Crippen molar-refractivity contribution in [2.24, 2.45) is 0 Å². The zero-order valence-corrected chi connectivity index (χ0v) is 5.16. The standard InChI is InChI=1S/C6H5N3O/c7-2-1-5-3-9-6(10)4-8-5/h3-4H,1H2,(H,9,10). The molecule has 0 amide bonds. The summed E-state index contributed by atoms with van der Waals surface area (Å²) in [7, 11) is 0. The molecule has 0 saturated carbocycles. The fourth-order valence-corrected chi connectivity index (χ4v) is 0.548. The Morgan fingerprint density at radius 2 is 2.60 bits per heavy atom. The molecule has 0 spiro atoms. The average Bonchev–Trinajstić information content (AvgIpc) is 1.95. The van der Waals surface area contributed by atoms with Gasteiger partial charge in [0.15, 0.2) is 0 Å². The molecule has 1 N–H and O–H groups in total. The van der Waals surface area contributed by atoms with Crippen LogP contribution >= 0.6 is 0 Å². The molecule has 1 aromatic rings. The SMILES string of the molecule is N#CCc1c[nH]c(=O)cn1. The summed E-state index contributed by atoms with van der Waals surface area (Å²) >= 11 is 0. The van der Waals surface area contributed by atoms with Crippen molar-refractivity contribution in [1.82, 2.24) is 9.97 Å². The molecule has 1 aromatic heterocycles. The van der Waals surface area contributed by atoms with Gasteiger partial charge in [-0.25, -0.2) is 0 Å². The van der Waals surface area contributed by atoms with Crippen LogP contribution in [-0.2, 0) is 6.42 Å². The molecule has 0 aromatic carbocycles. The fourth-order valence-electron chi connectivity index (χ4n) is 0.548. The Morgan fingerprint density at radius 3 is 3.10 bits per heavy atom. The molecule has 0 aliphatic rings. The minimum Gasteiger partial charge on any atom is -0.326 e. The van der Waals surface area contributed by atoms with E-state index in [2.05, 4.69) is 9.97 Å². The molecule has 4 nitrogen and oxygen atoms in total. The largest absolute Gasteiger partial charge is 0.326 e. The Labute approximate surface area is 57.2 Å². The van der Waals surface area contributed by atoms with Gasteiger partial charge in [0, 0.05) is 6.20 Å². The van der Waals surface area contributed by atoms with Gasteiger partial charge < -0.3 is 4.98 Å². The summed E-state index contributed by atoms with van der Waals surface area (Å²) in [5, 5.41) is 8.21. The van der Waals surface area contributed by atoms with E-state index in [4.69, 9.17) is 5.26 Å². The van der Waals surface area contributed by atoms with Gasteiger partial charge in [0.05, 0.1) is 24.4 Å². The van der Waals surface area contributed by atoms with E-state index >= 15 is 0 Å². The highest BCUT2D eigenvalue weighted by atomic mass is 16.1. The van der Waals surface area contributed by atoms with Crippen LogP contribution in [-0.4, -0.2) is 9.97 Å². The normalized spacial score (nSPS) is 8.70. The molecule has 0 aliphatic carbocycles. The van der Waals surface area contributed by atoms with Crippen molar-refractivity contribution in [2.45, 2.75) is 6.42 Å². The Kier molecular flexibility index (Phi) is 1.80. The maximum absolute atomic E-state index is 10.4. The van der Waals surface area contributed by atoms with Gasteiger partial charge in [0.1, 0.15) is 0 Å². The summed E-state index contributed by atoms with van der Waals surface area (Å²) < 4.78 is 0. The lowest BCUT2D eigenvalue weighted by atomic mass is 10.3. The Hall–Kier alpha value is -1.63. The molecule has 0 unspecified atom stereocenters. The predicted molar refractivity (Wildman–Crippen MR) is 34.2 cm³/mol. The number of nitrogens with one attached hydrogen (secondary N) is 1.